The van der Waals surface area contributed by atoms with Crippen LogP contribution in [0.4, 0.5) is 21.5 Å². The first-order valence-electron chi connectivity index (χ1n) is 8.65. The number of para-hydroxylation sites is 2. The van der Waals surface area contributed by atoms with Crippen LogP contribution in [0, 0.1) is 15.9 Å². The first kappa shape index (κ1) is 17.8. The van der Waals surface area contributed by atoms with Crippen molar-refractivity contribution in [1.29, 1.82) is 0 Å². The highest BCUT2D eigenvalue weighted by Gasteiger charge is 2.30. The normalized spacial score (nSPS) is 15.7. The van der Waals surface area contributed by atoms with E-state index in [-0.39, 0.29) is 5.71 Å². The molecule has 3 aromatic rings. The molecule has 0 radical (unpaired) electrons. The maximum absolute atomic E-state index is 13.7. The predicted octanol–water partition coefficient (Wildman–Crippen LogP) is 4.19. The fourth-order valence-electron chi connectivity index (χ4n) is 3.25. The van der Waals surface area contributed by atoms with E-state index in [0.29, 0.717) is 17.8 Å². The number of benzene rings is 3. The van der Waals surface area contributed by atoms with E-state index < -0.39 is 22.7 Å². The lowest BCUT2D eigenvalue weighted by molar-refractivity contribution is -0.387. The number of halogens is 1. The number of aliphatic hydroxyl groups excluding tert-OH is 1. The molecule has 1 atom stereocenters. The van der Waals surface area contributed by atoms with Crippen molar-refractivity contribution in [3.8, 4) is 0 Å². The zero-order valence-corrected chi connectivity index (χ0v) is 14.7. The lowest BCUT2D eigenvalue weighted by atomic mass is 10.0. The summed E-state index contributed by atoms with van der Waals surface area (Å²) in [7, 11) is 0. The molecular weight excluding hydrogens is 361 g/mol. The van der Waals surface area contributed by atoms with Crippen LogP contribution in [0.5, 0.6) is 0 Å². The first-order valence-corrected chi connectivity index (χ1v) is 8.65. The van der Waals surface area contributed by atoms with Crippen LogP contribution < -0.4 is 4.90 Å². The third-order valence-electron chi connectivity index (χ3n) is 4.61. The maximum atomic E-state index is 13.7. The van der Waals surface area contributed by atoms with Crippen LogP contribution in [-0.2, 0) is 6.54 Å². The van der Waals surface area contributed by atoms with Crippen LogP contribution in [0.25, 0.3) is 0 Å². The second-order valence-electron chi connectivity index (χ2n) is 6.40. The second-order valence-corrected chi connectivity index (χ2v) is 6.40. The number of aliphatic hydroxyl groups is 1. The predicted molar refractivity (Wildman–Crippen MR) is 104 cm³/mol. The van der Waals surface area contributed by atoms with Crippen molar-refractivity contribution >= 4 is 22.8 Å². The Morgan fingerprint density at radius 3 is 2.54 bits per heavy atom. The lowest BCUT2D eigenvalue weighted by Crippen LogP contribution is -2.43. The Bertz CT molecular complexity index is 1070. The van der Waals surface area contributed by atoms with Crippen molar-refractivity contribution < 1.29 is 14.4 Å². The number of aliphatic imine (C=N–C) groups is 1. The van der Waals surface area contributed by atoms with E-state index in [9.17, 15) is 19.6 Å². The molecule has 6 nitrogen and oxygen atoms in total. The van der Waals surface area contributed by atoms with Crippen molar-refractivity contribution in [2.24, 2.45) is 4.99 Å². The van der Waals surface area contributed by atoms with E-state index >= 15 is 0 Å². The lowest BCUT2D eigenvalue weighted by Gasteiger charge is -2.35. The molecule has 0 bridgehead atoms. The monoisotopic (exact) mass is 377 g/mol. The van der Waals surface area contributed by atoms with Crippen LogP contribution in [0.1, 0.15) is 11.1 Å². The van der Waals surface area contributed by atoms with Gasteiger partial charge < -0.3 is 10.0 Å². The van der Waals surface area contributed by atoms with Gasteiger partial charge >= 0.3 is 5.69 Å². The number of nitro benzene ring substituents is 1. The van der Waals surface area contributed by atoms with Crippen LogP contribution >= 0.6 is 0 Å². The van der Waals surface area contributed by atoms with E-state index in [1.54, 1.807) is 11.0 Å². The molecule has 7 heteroatoms. The Morgan fingerprint density at radius 2 is 1.79 bits per heavy atom. The second kappa shape index (κ2) is 7.21. The van der Waals surface area contributed by atoms with Gasteiger partial charge in [-0.05, 0) is 29.8 Å². The zero-order valence-electron chi connectivity index (χ0n) is 14.7. The SMILES string of the molecule is O=[N+]([O-])c1cc(C2=Nc3ccccc3N(Cc3ccccc3)C2O)ccc1F. The van der Waals surface area contributed by atoms with E-state index in [1.165, 1.54) is 6.07 Å². The van der Waals surface area contributed by atoms with Crippen molar-refractivity contribution in [2.75, 3.05) is 4.90 Å². The van der Waals surface area contributed by atoms with Crippen LogP contribution in [0.2, 0.25) is 0 Å². The molecule has 0 fully saturated rings. The van der Waals surface area contributed by atoms with Crippen LogP contribution in [-0.4, -0.2) is 22.0 Å². The highest BCUT2D eigenvalue weighted by molar-refractivity contribution is 6.09. The fourth-order valence-corrected chi connectivity index (χ4v) is 3.25. The summed E-state index contributed by atoms with van der Waals surface area (Å²) in [4.78, 5) is 16.6. The van der Waals surface area contributed by atoms with Crippen molar-refractivity contribution in [3.63, 3.8) is 0 Å². The van der Waals surface area contributed by atoms with E-state index in [4.69, 9.17) is 0 Å². The highest BCUT2D eigenvalue weighted by Crippen LogP contribution is 2.36. The summed E-state index contributed by atoms with van der Waals surface area (Å²) in [5.74, 6) is -0.929. The Balaban J connectivity index is 1.80. The largest absolute Gasteiger partial charge is 0.368 e. The molecule has 0 saturated heterocycles. The van der Waals surface area contributed by atoms with Gasteiger partial charge in [0.1, 0.15) is 0 Å². The van der Waals surface area contributed by atoms with Gasteiger partial charge in [0.25, 0.3) is 0 Å². The molecular formula is C21H16FN3O3. The summed E-state index contributed by atoms with van der Waals surface area (Å²) in [6.07, 6.45) is -1.14. The number of anilines is 1. The van der Waals surface area contributed by atoms with Gasteiger partial charge in [0, 0.05) is 18.2 Å². The number of rotatable bonds is 4. The number of hydrogen-bond acceptors (Lipinski definition) is 5. The van der Waals surface area contributed by atoms with Crippen LogP contribution in [0.15, 0.2) is 77.8 Å². The zero-order chi connectivity index (χ0) is 19.7. The fraction of sp³-hybridized carbons (Fsp3) is 0.0952. The molecule has 140 valence electrons. The van der Waals surface area contributed by atoms with Gasteiger partial charge in [-0.2, -0.15) is 4.39 Å². The molecule has 4 rings (SSSR count). The van der Waals surface area contributed by atoms with Gasteiger partial charge in [-0.1, -0.05) is 42.5 Å². The molecule has 0 spiro atoms. The number of nitrogens with zero attached hydrogens (tertiary/aromatic N) is 3. The average Bonchev–Trinajstić information content (AvgIpc) is 2.71. The summed E-state index contributed by atoms with van der Waals surface area (Å²) in [6, 6.07) is 20.5. The van der Waals surface area contributed by atoms with Gasteiger partial charge in [-0.3, -0.25) is 10.1 Å². The number of fused-ring (bicyclic) bond motifs is 1. The van der Waals surface area contributed by atoms with Gasteiger partial charge in [-0.15, -0.1) is 0 Å². The number of nitro groups is 1. The molecule has 28 heavy (non-hydrogen) atoms. The van der Waals surface area contributed by atoms with Crippen LogP contribution in [0.3, 0.4) is 0 Å². The van der Waals surface area contributed by atoms with E-state index in [2.05, 4.69) is 4.99 Å². The smallest absolute Gasteiger partial charge is 0.305 e. The quantitative estimate of drug-likeness (QED) is 0.546. The van der Waals surface area contributed by atoms with E-state index in [1.807, 2.05) is 48.5 Å². The third-order valence-corrected chi connectivity index (χ3v) is 4.61. The minimum atomic E-state index is -1.14. The van der Waals surface area contributed by atoms with Crippen molar-refractivity contribution in [1.82, 2.24) is 0 Å². The van der Waals surface area contributed by atoms with Gasteiger partial charge in [0.15, 0.2) is 6.23 Å². The molecule has 1 N–H and O–H groups in total. The number of hydrogen-bond donors (Lipinski definition) is 1. The van der Waals surface area contributed by atoms with Crippen molar-refractivity contribution in [3.05, 3.63) is 99.9 Å². The minimum absolute atomic E-state index is 0.234. The Hall–Kier alpha value is -3.58. The first-order chi connectivity index (χ1) is 13.5. The molecule has 0 aromatic heterocycles. The Morgan fingerprint density at radius 1 is 1.07 bits per heavy atom. The summed E-state index contributed by atoms with van der Waals surface area (Å²) in [5.41, 5.74) is 2.25. The molecule has 1 aliphatic heterocycles. The molecule has 1 unspecified atom stereocenters. The Kier molecular flexibility index (Phi) is 4.58. The van der Waals surface area contributed by atoms with Crippen molar-refractivity contribution in [2.45, 2.75) is 12.8 Å². The maximum Gasteiger partial charge on any atom is 0.305 e. The summed E-state index contributed by atoms with van der Waals surface area (Å²) >= 11 is 0. The third kappa shape index (κ3) is 3.23. The molecule has 1 aliphatic rings. The molecule has 1 heterocycles. The van der Waals surface area contributed by atoms with Gasteiger partial charge in [-0.25, -0.2) is 4.99 Å². The average molecular weight is 377 g/mol. The summed E-state index contributed by atoms with van der Waals surface area (Å²) in [5, 5.41) is 22.1. The standard InChI is InChI=1S/C21H16FN3O3/c22-16-11-10-15(12-19(16)25(27)28)20-21(26)24(13-14-6-2-1-3-7-14)18-9-5-4-8-17(18)23-20/h1-12,21,26H,13H2. The van der Waals surface area contributed by atoms with Gasteiger partial charge in [0.2, 0.25) is 5.82 Å². The summed E-state index contributed by atoms with van der Waals surface area (Å²) in [6.45, 7) is 0.418. The molecule has 0 saturated carbocycles. The molecule has 0 amide bonds. The highest BCUT2D eigenvalue weighted by atomic mass is 19.1. The minimum Gasteiger partial charge on any atom is -0.368 e. The topological polar surface area (TPSA) is 79.0 Å². The molecule has 0 aliphatic carbocycles. The van der Waals surface area contributed by atoms with Gasteiger partial charge in [0.05, 0.1) is 22.0 Å². The van der Waals surface area contributed by atoms with E-state index in [0.717, 1.165) is 23.4 Å². The summed E-state index contributed by atoms with van der Waals surface area (Å²) < 4.78 is 13.7. The Labute approximate surface area is 160 Å². The molecule has 3 aromatic carbocycles.